The molecule has 0 fully saturated rings. The number of furan rings is 1. The van der Waals surface area contributed by atoms with E-state index in [-0.39, 0.29) is 5.91 Å². The fourth-order valence-electron chi connectivity index (χ4n) is 2.21. The number of nitrogens with one attached hydrogen (secondary N) is 1. The van der Waals surface area contributed by atoms with Gasteiger partial charge in [0.25, 0.3) is 0 Å². The lowest BCUT2D eigenvalue weighted by atomic mass is 10.2. The summed E-state index contributed by atoms with van der Waals surface area (Å²) in [5.74, 6) is 0.587. The van der Waals surface area contributed by atoms with Gasteiger partial charge < -0.3 is 15.5 Å². The van der Waals surface area contributed by atoms with Crippen LogP contribution in [-0.2, 0) is 11.3 Å². The van der Waals surface area contributed by atoms with E-state index in [4.69, 9.17) is 10.2 Å². The quantitative estimate of drug-likeness (QED) is 0.718. The van der Waals surface area contributed by atoms with Gasteiger partial charge in [0, 0.05) is 11.1 Å². The molecule has 3 aromatic rings. The second-order valence-corrected chi connectivity index (χ2v) is 4.88. The van der Waals surface area contributed by atoms with Gasteiger partial charge in [0.1, 0.15) is 11.8 Å². The normalized spacial score (nSPS) is 12.4. The van der Waals surface area contributed by atoms with E-state index in [1.165, 1.54) is 0 Å². The van der Waals surface area contributed by atoms with E-state index in [1.807, 2.05) is 24.3 Å². The molecule has 0 aliphatic rings. The average Bonchev–Trinajstić information content (AvgIpc) is 3.12. The van der Waals surface area contributed by atoms with Gasteiger partial charge in [0.15, 0.2) is 0 Å². The molecule has 0 aliphatic heterocycles. The lowest BCUT2D eigenvalue weighted by Gasteiger charge is -2.13. The van der Waals surface area contributed by atoms with Crippen LogP contribution in [0.2, 0.25) is 0 Å². The monoisotopic (exact) mass is 284 g/mol. The number of hydrogen-bond donors (Lipinski definition) is 2. The second-order valence-electron chi connectivity index (χ2n) is 4.88. The van der Waals surface area contributed by atoms with Crippen LogP contribution in [0.1, 0.15) is 18.7 Å². The van der Waals surface area contributed by atoms with Crippen molar-refractivity contribution in [1.82, 2.24) is 15.1 Å². The molecule has 1 atom stereocenters. The Morgan fingerprint density at radius 1 is 1.48 bits per heavy atom. The van der Waals surface area contributed by atoms with E-state index in [0.717, 1.165) is 10.9 Å². The van der Waals surface area contributed by atoms with Crippen LogP contribution in [0.5, 0.6) is 0 Å². The first-order valence-electron chi connectivity index (χ1n) is 6.68. The molecular formula is C15H16N4O2. The van der Waals surface area contributed by atoms with Crippen molar-refractivity contribution in [1.29, 1.82) is 0 Å². The topological polar surface area (TPSA) is 86.1 Å². The fourth-order valence-corrected chi connectivity index (χ4v) is 2.21. The number of nitrogens with zero attached hydrogens (tertiary/aromatic N) is 2. The van der Waals surface area contributed by atoms with Crippen LogP contribution in [0.25, 0.3) is 10.9 Å². The van der Waals surface area contributed by atoms with Crippen LogP contribution in [-0.4, -0.2) is 15.7 Å². The summed E-state index contributed by atoms with van der Waals surface area (Å²) >= 11 is 0. The molecular weight excluding hydrogens is 268 g/mol. The maximum absolute atomic E-state index is 12.2. The van der Waals surface area contributed by atoms with Crippen LogP contribution < -0.4 is 11.1 Å². The van der Waals surface area contributed by atoms with Crippen molar-refractivity contribution in [3.8, 4) is 0 Å². The van der Waals surface area contributed by atoms with E-state index in [0.29, 0.717) is 18.0 Å². The highest BCUT2D eigenvalue weighted by atomic mass is 16.3. The number of hydrogen-bond acceptors (Lipinski definition) is 4. The third-order valence-electron chi connectivity index (χ3n) is 3.39. The van der Waals surface area contributed by atoms with E-state index in [2.05, 4.69) is 10.4 Å². The van der Waals surface area contributed by atoms with Crippen LogP contribution >= 0.6 is 0 Å². The minimum atomic E-state index is -0.431. The minimum Gasteiger partial charge on any atom is -0.467 e. The van der Waals surface area contributed by atoms with Gasteiger partial charge >= 0.3 is 0 Å². The van der Waals surface area contributed by atoms with Gasteiger partial charge in [-0.25, -0.2) is 0 Å². The Labute approximate surface area is 121 Å². The molecule has 3 rings (SSSR count). The van der Waals surface area contributed by atoms with Crippen LogP contribution in [0, 0.1) is 0 Å². The van der Waals surface area contributed by atoms with E-state index < -0.39 is 6.04 Å². The van der Waals surface area contributed by atoms with E-state index in [9.17, 15) is 4.79 Å². The maximum atomic E-state index is 12.2. The van der Waals surface area contributed by atoms with Gasteiger partial charge in [-0.2, -0.15) is 5.10 Å². The summed E-state index contributed by atoms with van der Waals surface area (Å²) in [7, 11) is 0. The lowest BCUT2D eigenvalue weighted by Crippen LogP contribution is -2.30. The number of amides is 1. The average molecular weight is 284 g/mol. The summed E-state index contributed by atoms with van der Waals surface area (Å²) in [5.41, 5.74) is 7.29. The number of nitrogen functional groups attached to an aromatic ring is 1. The zero-order valence-electron chi connectivity index (χ0n) is 11.6. The molecule has 1 amide bonds. The highest BCUT2D eigenvalue weighted by Gasteiger charge is 2.18. The van der Waals surface area contributed by atoms with Crippen molar-refractivity contribution in [3.63, 3.8) is 0 Å². The van der Waals surface area contributed by atoms with Gasteiger partial charge in [-0.15, -0.1) is 0 Å². The summed E-state index contributed by atoms with van der Waals surface area (Å²) in [4.78, 5) is 12.2. The highest BCUT2D eigenvalue weighted by Crippen LogP contribution is 2.20. The molecule has 0 saturated carbocycles. The van der Waals surface area contributed by atoms with Crippen molar-refractivity contribution in [2.45, 2.75) is 19.5 Å². The van der Waals surface area contributed by atoms with Crippen molar-refractivity contribution < 1.29 is 9.21 Å². The number of carbonyl (C=O) groups is 1. The molecule has 0 radical (unpaired) electrons. The molecule has 6 heteroatoms. The molecule has 0 bridgehead atoms. The highest BCUT2D eigenvalue weighted by molar-refractivity contribution is 5.86. The molecule has 1 unspecified atom stereocenters. The summed E-state index contributed by atoms with van der Waals surface area (Å²) in [6, 6.07) is 8.69. The molecule has 0 aliphatic carbocycles. The number of nitrogens with two attached hydrogens (primary N) is 1. The lowest BCUT2D eigenvalue weighted by molar-refractivity contribution is -0.124. The second kappa shape index (κ2) is 5.32. The Kier molecular flexibility index (Phi) is 3.35. The predicted octanol–water partition coefficient (Wildman–Crippen LogP) is 2.09. The van der Waals surface area contributed by atoms with E-state index in [1.54, 1.807) is 30.1 Å². The summed E-state index contributed by atoms with van der Waals surface area (Å²) < 4.78 is 6.86. The Balaban J connectivity index is 1.78. The van der Waals surface area contributed by atoms with Gasteiger partial charge in [-0.05, 0) is 37.3 Å². The minimum absolute atomic E-state index is 0.126. The number of carbonyl (C=O) groups excluding carboxylic acids is 1. The third-order valence-corrected chi connectivity index (χ3v) is 3.39. The zero-order valence-corrected chi connectivity index (χ0v) is 11.6. The Bertz CT molecular complexity index is 761. The van der Waals surface area contributed by atoms with Gasteiger partial charge in [-0.1, -0.05) is 0 Å². The largest absolute Gasteiger partial charge is 0.467 e. The molecule has 21 heavy (non-hydrogen) atoms. The number of benzene rings is 1. The van der Waals surface area contributed by atoms with Gasteiger partial charge in [0.2, 0.25) is 5.91 Å². The standard InChI is InChI=1S/C15H16N4O2/c1-10(15(20)17-9-13-3-2-6-21-13)19-14-7-12(16)5-4-11(14)8-18-19/h2-8,10H,9,16H2,1H3,(H,17,20). The SMILES string of the molecule is CC(C(=O)NCc1ccco1)n1ncc2ccc(N)cc21. The number of aromatic nitrogens is 2. The smallest absolute Gasteiger partial charge is 0.244 e. The van der Waals surface area contributed by atoms with E-state index >= 15 is 0 Å². The first-order valence-corrected chi connectivity index (χ1v) is 6.68. The number of fused-ring (bicyclic) bond motifs is 1. The van der Waals surface area contributed by atoms with Gasteiger partial charge in [0.05, 0.1) is 24.5 Å². The zero-order chi connectivity index (χ0) is 14.8. The first-order chi connectivity index (χ1) is 10.1. The number of rotatable bonds is 4. The summed E-state index contributed by atoms with van der Waals surface area (Å²) in [5, 5.41) is 8.06. The maximum Gasteiger partial charge on any atom is 0.244 e. The van der Waals surface area contributed by atoms with Crippen molar-refractivity contribution in [2.75, 3.05) is 5.73 Å². The predicted molar refractivity (Wildman–Crippen MR) is 79.4 cm³/mol. The Morgan fingerprint density at radius 2 is 2.33 bits per heavy atom. The number of anilines is 1. The first kappa shape index (κ1) is 13.2. The molecule has 0 saturated heterocycles. The third kappa shape index (κ3) is 2.60. The van der Waals surface area contributed by atoms with Crippen LogP contribution in [0.15, 0.2) is 47.2 Å². The summed E-state index contributed by atoms with van der Waals surface area (Å²) in [6.07, 6.45) is 3.31. The molecule has 1 aromatic carbocycles. The molecule has 3 N–H and O–H groups in total. The van der Waals surface area contributed by atoms with Crippen molar-refractivity contribution >= 4 is 22.5 Å². The van der Waals surface area contributed by atoms with Crippen LogP contribution in [0.3, 0.4) is 0 Å². The molecule has 2 aromatic heterocycles. The molecule has 6 nitrogen and oxygen atoms in total. The van der Waals surface area contributed by atoms with Crippen molar-refractivity contribution in [2.24, 2.45) is 0 Å². The fraction of sp³-hybridized carbons (Fsp3) is 0.200. The Morgan fingerprint density at radius 3 is 3.10 bits per heavy atom. The van der Waals surface area contributed by atoms with Crippen LogP contribution in [0.4, 0.5) is 5.69 Å². The molecule has 2 heterocycles. The molecule has 0 spiro atoms. The van der Waals surface area contributed by atoms with Crippen molar-refractivity contribution in [3.05, 3.63) is 48.6 Å². The Hall–Kier alpha value is -2.76. The molecule has 108 valence electrons. The summed E-state index contributed by atoms with van der Waals surface area (Å²) in [6.45, 7) is 2.16. The van der Waals surface area contributed by atoms with Gasteiger partial charge in [-0.3, -0.25) is 9.48 Å².